The van der Waals surface area contributed by atoms with E-state index < -0.39 is 24.3 Å². The standard InChI is InChI=1S/C64H101NO8/c1-6-8-10-12-14-16-18-20-22-24-26-27-28-29-30-31-32-33-34-35-37-39-41-43-45-47-49-51-53-55-62(67)73-60(59-72-64(63(68)69)70-57-56-65(3,4)5)58-71-61(66)54-52-50-48-46-44-42-40-38-36-25-23-21-19-17-15-13-11-9-7-2/h8-11,14-17,20-23,26-27,29-30,32-33,35-38,42,44,60,64H,6-7,12-13,18-19,24-25,28,31,34,39-41,43,45-59H2,1-5H3/p+1/b10-8-,11-9-,16-14-,17-15-,22-20-,23-21-,27-26-,30-29-,33-32-,37-35-,38-36-,44-42-. The first-order chi connectivity index (χ1) is 35.6. The summed E-state index contributed by atoms with van der Waals surface area (Å²) >= 11 is 0. The van der Waals surface area contributed by atoms with E-state index in [1.807, 2.05) is 21.1 Å². The molecule has 0 aliphatic rings. The van der Waals surface area contributed by atoms with Crippen LogP contribution in [-0.2, 0) is 33.3 Å². The molecule has 0 aliphatic heterocycles. The third-order valence-electron chi connectivity index (χ3n) is 11.1. The number of ether oxygens (including phenoxy) is 4. The molecule has 1 N–H and O–H groups in total. The highest BCUT2D eigenvalue weighted by Crippen LogP contribution is 2.13. The number of unbranched alkanes of at least 4 members (excludes halogenated alkanes) is 10. The number of carbonyl (C=O) groups is 3. The maximum absolute atomic E-state index is 12.9. The monoisotopic (exact) mass is 1010 g/mol. The Kier molecular flexibility index (Phi) is 49.9. The van der Waals surface area contributed by atoms with Crippen LogP contribution in [0, 0.1) is 0 Å². The third-order valence-corrected chi connectivity index (χ3v) is 11.1. The van der Waals surface area contributed by atoms with Gasteiger partial charge in [-0.3, -0.25) is 9.59 Å². The number of carboxylic acids is 1. The van der Waals surface area contributed by atoms with Gasteiger partial charge >= 0.3 is 17.9 Å². The van der Waals surface area contributed by atoms with E-state index in [1.165, 1.54) is 19.3 Å². The quantitative estimate of drug-likeness (QED) is 0.0211. The number of nitrogens with zero attached hydrogens (tertiary/aromatic N) is 1. The smallest absolute Gasteiger partial charge is 0.361 e. The maximum atomic E-state index is 12.9. The second-order valence-corrected chi connectivity index (χ2v) is 19.1. The lowest BCUT2D eigenvalue weighted by Crippen LogP contribution is -2.40. The molecule has 0 rings (SSSR count). The van der Waals surface area contributed by atoms with Gasteiger partial charge in [0.15, 0.2) is 6.10 Å². The summed E-state index contributed by atoms with van der Waals surface area (Å²) in [6.45, 7) is 4.56. The molecule has 2 atom stereocenters. The zero-order valence-electron chi connectivity index (χ0n) is 46.5. The van der Waals surface area contributed by atoms with E-state index in [-0.39, 0.29) is 38.6 Å². The summed E-state index contributed by atoms with van der Waals surface area (Å²) in [5, 5.41) is 9.69. The maximum Gasteiger partial charge on any atom is 0.361 e. The first-order valence-electron chi connectivity index (χ1n) is 28.0. The second-order valence-electron chi connectivity index (χ2n) is 19.1. The van der Waals surface area contributed by atoms with Crippen molar-refractivity contribution in [2.45, 2.75) is 193 Å². The van der Waals surface area contributed by atoms with Crippen LogP contribution in [0.2, 0.25) is 0 Å². The SMILES string of the molecule is CC/C=C\C/C=C\C/C=C\C/C=C\C/C=C\C/C=C\C/C=C\CCCCCCCCCC(=O)OC(COC(=O)CCCCC/C=C\C/C=C\C/C=C\C/C=C\C/C=C\CC)COC(OCC[N+](C)(C)C)C(=O)O. The van der Waals surface area contributed by atoms with Crippen LogP contribution in [0.3, 0.4) is 0 Å². The van der Waals surface area contributed by atoms with Gasteiger partial charge in [-0.15, -0.1) is 0 Å². The number of esters is 2. The molecule has 9 nitrogen and oxygen atoms in total. The molecular formula is C64H102NO8+. The topological polar surface area (TPSA) is 108 Å². The zero-order valence-corrected chi connectivity index (χ0v) is 46.5. The molecule has 0 aliphatic carbocycles. The molecule has 2 unspecified atom stereocenters. The van der Waals surface area contributed by atoms with E-state index in [4.69, 9.17) is 18.9 Å². The molecule has 0 saturated carbocycles. The van der Waals surface area contributed by atoms with Gasteiger partial charge in [0.05, 0.1) is 34.4 Å². The van der Waals surface area contributed by atoms with Gasteiger partial charge in [-0.25, -0.2) is 4.79 Å². The first kappa shape index (κ1) is 68.2. The Morgan fingerprint density at radius 2 is 0.740 bits per heavy atom. The van der Waals surface area contributed by atoms with Crippen LogP contribution < -0.4 is 0 Å². The van der Waals surface area contributed by atoms with E-state index >= 15 is 0 Å². The molecule has 0 radical (unpaired) electrons. The lowest BCUT2D eigenvalue weighted by Gasteiger charge is -2.25. The molecule has 73 heavy (non-hydrogen) atoms. The van der Waals surface area contributed by atoms with Crippen LogP contribution in [0.5, 0.6) is 0 Å². The van der Waals surface area contributed by atoms with Gasteiger partial charge in [0, 0.05) is 12.8 Å². The van der Waals surface area contributed by atoms with Gasteiger partial charge in [-0.2, -0.15) is 0 Å². The highest BCUT2D eigenvalue weighted by atomic mass is 16.7. The summed E-state index contributed by atoms with van der Waals surface area (Å²) in [6, 6.07) is 0. The fourth-order valence-electron chi connectivity index (χ4n) is 6.84. The molecule has 0 spiro atoms. The summed E-state index contributed by atoms with van der Waals surface area (Å²) in [7, 11) is 5.94. The Balaban J connectivity index is 4.39. The fourth-order valence-corrected chi connectivity index (χ4v) is 6.84. The third kappa shape index (κ3) is 54.8. The normalized spacial score (nSPS) is 13.9. The van der Waals surface area contributed by atoms with Crippen molar-refractivity contribution in [3.63, 3.8) is 0 Å². The van der Waals surface area contributed by atoms with Gasteiger partial charge in [-0.05, 0) is 116 Å². The van der Waals surface area contributed by atoms with Crippen molar-refractivity contribution >= 4 is 17.9 Å². The van der Waals surface area contributed by atoms with Crippen molar-refractivity contribution in [3.05, 3.63) is 146 Å². The molecule has 410 valence electrons. The van der Waals surface area contributed by atoms with Crippen molar-refractivity contribution in [3.8, 4) is 0 Å². The van der Waals surface area contributed by atoms with Gasteiger partial charge in [0.1, 0.15) is 13.2 Å². The van der Waals surface area contributed by atoms with E-state index in [9.17, 15) is 19.5 Å². The molecule has 0 fully saturated rings. The van der Waals surface area contributed by atoms with Gasteiger partial charge in [0.2, 0.25) is 0 Å². The number of aliphatic carboxylic acids is 1. The number of carbonyl (C=O) groups excluding carboxylic acids is 2. The minimum Gasteiger partial charge on any atom is -0.477 e. The number of likely N-dealkylation sites (N-methyl/N-ethyl adjacent to an activating group) is 1. The summed E-state index contributed by atoms with van der Waals surface area (Å²) in [4.78, 5) is 37.4. The molecule has 9 heteroatoms. The Hall–Kier alpha value is -4.83. The molecule has 0 heterocycles. The molecule has 0 saturated heterocycles. The second kappa shape index (κ2) is 53.5. The Labute approximate surface area is 445 Å². The summed E-state index contributed by atoms with van der Waals surface area (Å²) in [6.07, 6.45) is 74.9. The molecule has 0 bridgehead atoms. The van der Waals surface area contributed by atoms with Crippen molar-refractivity contribution in [1.82, 2.24) is 0 Å². The number of rotatable bonds is 49. The predicted octanol–water partition coefficient (Wildman–Crippen LogP) is 16.4. The predicted molar refractivity (Wildman–Crippen MR) is 308 cm³/mol. The number of allylic oxidation sites excluding steroid dienone is 24. The van der Waals surface area contributed by atoms with E-state index in [2.05, 4.69) is 160 Å². The summed E-state index contributed by atoms with van der Waals surface area (Å²) in [5.41, 5.74) is 0. The fraction of sp³-hybridized carbons (Fsp3) is 0.578. The Morgan fingerprint density at radius 1 is 0.411 bits per heavy atom. The Bertz CT molecular complexity index is 1700. The minimum absolute atomic E-state index is 0.170. The van der Waals surface area contributed by atoms with Crippen LogP contribution in [0.1, 0.15) is 181 Å². The average Bonchev–Trinajstić information content (AvgIpc) is 3.36. The number of quaternary nitrogens is 1. The molecular weight excluding hydrogens is 911 g/mol. The van der Waals surface area contributed by atoms with Crippen LogP contribution in [0.15, 0.2) is 146 Å². The van der Waals surface area contributed by atoms with E-state index in [0.717, 1.165) is 122 Å². The van der Waals surface area contributed by atoms with E-state index in [1.54, 1.807) is 0 Å². The Morgan fingerprint density at radius 3 is 1.11 bits per heavy atom. The zero-order chi connectivity index (χ0) is 53.4. The first-order valence-corrected chi connectivity index (χ1v) is 28.0. The van der Waals surface area contributed by atoms with Crippen LogP contribution in [0.25, 0.3) is 0 Å². The summed E-state index contributed by atoms with van der Waals surface area (Å²) in [5.74, 6) is -2.09. The minimum atomic E-state index is -1.53. The van der Waals surface area contributed by atoms with Crippen molar-refractivity contribution < 1.29 is 42.9 Å². The highest BCUT2D eigenvalue weighted by Gasteiger charge is 2.25. The molecule has 0 aromatic rings. The van der Waals surface area contributed by atoms with E-state index in [0.29, 0.717) is 23.9 Å². The molecule has 0 amide bonds. The number of hydrogen-bond acceptors (Lipinski definition) is 7. The average molecular weight is 1010 g/mol. The van der Waals surface area contributed by atoms with Crippen LogP contribution in [-0.4, -0.2) is 87.4 Å². The van der Waals surface area contributed by atoms with Crippen molar-refractivity contribution in [1.29, 1.82) is 0 Å². The summed E-state index contributed by atoms with van der Waals surface area (Å²) < 4.78 is 22.8. The van der Waals surface area contributed by atoms with Gasteiger partial charge in [0.25, 0.3) is 6.29 Å². The van der Waals surface area contributed by atoms with Gasteiger partial charge < -0.3 is 28.5 Å². The lowest BCUT2D eigenvalue weighted by atomic mass is 10.1. The van der Waals surface area contributed by atoms with Crippen LogP contribution in [0.4, 0.5) is 0 Å². The molecule has 0 aromatic carbocycles. The number of carboxylic acid groups (broad SMARTS) is 1. The van der Waals surface area contributed by atoms with Crippen molar-refractivity contribution in [2.75, 3.05) is 47.5 Å². The van der Waals surface area contributed by atoms with Gasteiger partial charge in [-0.1, -0.05) is 198 Å². The van der Waals surface area contributed by atoms with Crippen LogP contribution >= 0.6 is 0 Å². The van der Waals surface area contributed by atoms with Crippen molar-refractivity contribution in [2.24, 2.45) is 0 Å². The largest absolute Gasteiger partial charge is 0.477 e. The lowest BCUT2D eigenvalue weighted by molar-refractivity contribution is -0.870. The number of hydrogen-bond donors (Lipinski definition) is 1. The highest BCUT2D eigenvalue weighted by molar-refractivity contribution is 5.71. The molecule has 0 aromatic heterocycles.